The largest absolute Gasteiger partial charge is 0.485 e. The number of esters is 1. The van der Waals surface area contributed by atoms with Crippen LogP contribution in [0.4, 0.5) is 5.82 Å². The number of benzene rings is 1. The number of anilines is 1. The van der Waals surface area contributed by atoms with Crippen molar-refractivity contribution in [3.8, 4) is 17.2 Å². The van der Waals surface area contributed by atoms with Gasteiger partial charge in [0.1, 0.15) is 18.1 Å². The second kappa shape index (κ2) is 7.91. The third-order valence-corrected chi connectivity index (χ3v) is 3.23. The lowest BCUT2D eigenvalue weighted by Gasteiger charge is -2.03. The highest BCUT2D eigenvalue weighted by molar-refractivity contribution is 5.74. The number of methoxy groups -OCH3 is 1. The molecular formula is C17H16N4O4. The predicted octanol–water partition coefficient (Wildman–Crippen LogP) is 2.30. The molecule has 0 atom stereocenters. The summed E-state index contributed by atoms with van der Waals surface area (Å²) in [6.45, 7) is 0.254. The van der Waals surface area contributed by atoms with Gasteiger partial charge >= 0.3 is 5.97 Å². The molecule has 0 spiro atoms. The number of nitrogens with zero attached hydrogens (tertiary/aromatic N) is 3. The van der Waals surface area contributed by atoms with Crippen molar-refractivity contribution in [3.05, 3.63) is 54.5 Å². The summed E-state index contributed by atoms with van der Waals surface area (Å²) in [5.74, 6) is 1.69. The molecule has 3 aromatic rings. The van der Waals surface area contributed by atoms with Crippen LogP contribution in [0.2, 0.25) is 0 Å². The van der Waals surface area contributed by atoms with Crippen LogP contribution in [0.25, 0.3) is 11.5 Å². The number of carbonyl (C=O) groups excluding carboxylic acids is 1. The van der Waals surface area contributed by atoms with E-state index in [0.717, 1.165) is 5.75 Å². The lowest BCUT2D eigenvalue weighted by molar-refractivity contribution is -0.138. The molecule has 0 radical (unpaired) electrons. The van der Waals surface area contributed by atoms with Gasteiger partial charge in [0, 0.05) is 6.20 Å². The van der Waals surface area contributed by atoms with E-state index >= 15 is 0 Å². The normalized spacial score (nSPS) is 10.3. The fourth-order valence-corrected chi connectivity index (χ4v) is 1.95. The number of rotatable bonds is 7. The zero-order valence-electron chi connectivity index (χ0n) is 13.5. The zero-order chi connectivity index (χ0) is 17.5. The van der Waals surface area contributed by atoms with E-state index in [-0.39, 0.29) is 19.1 Å². The topological polar surface area (TPSA) is 99.4 Å². The van der Waals surface area contributed by atoms with Crippen molar-refractivity contribution < 1.29 is 18.8 Å². The summed E-state index contributed by atoms with van der Waals surface area (Å²) in [5.41, 5.74) is 0.669. The maximum atomic E-state index is 11.1. The Balaban J connectivity index is 1.59. The number of hydrogen-bond acceptors (Lipinski definition) is 8. The molecule has 8 heteroatoms. The highest BCUT2D eigenvalue weighted by Gasteiger charge is 2.10. The first-order valence-electron chi connectivity index (χ1n) is 7.52. The molecule has 1 aromatic carbocycles. The molecular weight excluding hydrogens is 324 g/mol. The Morgan fingerprint density at radius 1 is 1.20 bits per heavy atom. The smallest absolute Gasteiger partial charge is 0.325 e. The predicted molar refractivity (Wildman–Crippen MR) is 88.8 cm³/mol. The van der Waals surface area contributed by atoms with Crippen molar-refractivity contribution in [2.45, 2.75) is 6.61 Å². The second-order valence-electron chi connectivity index (χ2n) is 4.98. The lowest BCUT2D eigenvalue weighted by atomic mass is 10.3. The summed E-state index contributed by atoms with van der Waals surface area (Å²) >= 11 is 0. The Morgan fingerprint density at radius 3 is 2.76 bits per heavy atom. The maximum Gasteiger partial charge on any atom is 0.325 e. The minimum Gasteiger partial charge on any atom is -0.485 e. The number of pyridine rings is 1. The molecule has 0 bridgehead atoms. The van der Waals surface area contributed by atoms with Crippen molar-refractivity contribution in [3.63, 3.8) is 0 Å². The van der Waals surface area contributed by atoms with Crippen LogP contribution in [0.5, 0.6) is 5.75 Å². The molecule has 8 nitrogen and oxygen atoms in total. The third-order valence-electron chi connectivity index (χ3n) is 3.23. The molecule has 128 valence electrons. The number of carbonyl (C=O) groups is 1. The van der Waals surface area contributed by atoms with E-state index in [4.69, 9.17) is 9.26 Å². The Bertz CT molecular complexity index is 818. The Morgan fingerprint density at radius 2 is 2.04 bits per heavy atom. The van der Waals surface area contributed by atoms with Crippen LogP contribution in [0, 0.1) is 0 Å². The Kier molecular flexibility index (Phi) is 5.20. The summed E-state index contributed by atoms with van der Waals surface area (Å²) in [6, 6.07) is 12.9. The minimum absolute atomic E-state index is 0.0460. The standard InChI is InChI=1S/C17H16N4O4/c1-23-16(22)10-19-14-8-7-12(9-18-14)17-20-15(21-25-17)11-24-13-5-3-2-4-6-13/h2-9H,10-11H2,1H3,(H,18,19). The fourth-order valence-electron chi connectivity index (χ4n) is 1.95. The van der Waals surface area contributed by atoms with Crippen LogP contribution < -0.4 is 10.1 Å². The Labute approximate surface area is 143 Å². The summed E-state index contributed by atoms with van der Waals surface area (Å²) in [5, 5.41) is 6.73. The van der Waals surface area contributed by atoms with Crippen LogP contribution in [-0.4, -0.2) is 34.7 Å². The third kappa shape index (κ3) is 4.54. The molecule has 0 saturated carbocycles. The number of aromatic nitrogens is 3. The van der Waals surface area contributed by atoms with E-state index in [2.05, 4.69) is 25.2 Å². The van der Waals surface area contributed by atoms with Gasteiger partial charge in [0.15, 0.2) is 6.61 Å². The van der Waals surface area contributed by atoms with Crippen LogP contribution >= 0.6 is 0 Å². The van der Waals surface area contributed by atoms with E-state index in [1.165, 1.54) is 7.11 Å². The first-order chi connectivity index (χ1) is 12.2. The van der Waals surface area contributed by atoms with Crippen LogP contribution in [0.1, 0.15) is 5.82 Å². The first-order valence-corrected chi connectivity index (χ1v) is 7.52. The van der Waals surface area contributed by atoms with Crippen molar-refractivity contribution in [2.75, 3.05) is 19.0 Å². The van der Waals surface area contributed by atoms with Crippen molar-refractivity contribution in [1.82, 2.24) is 15.1 Å². The molecule has 2 aromatic heterocycles. The molecule has 25 heavy (non-hydrogen) atoms. The average molecular weight is 340 g/mol. The molecule has 3 rings (SSSR count). The van der Waals surface area contributed by atoms with Gasteiger partial charge in [-0.2, -0.15) is 4.98 Å². The number of ether oxygens (including phenoxy) is 2. The molecule has 0 aliphatic carbocycles. The zero-order valence-corrected chi connectivity index (χ0v) is 13.5. The monoisotopic (exact) mass is 340 g/mol. The van der Waals surface area contributed by atoms with Gasteiger partial charge < -0.3 is 19.3 Å². The molecule has 0 unspecified atom stereocenters. The van der Waals surface area contributed by atoms with Gasteiger partial charge in [-0.1, -0.05) is 23.4 Å². The quantitative estimate of drug-likeness (QED) is 0.654. The molecule has 2 heterocycles. The van der Waals surface area contributed by atoms with E-state index in [9.17, 15) is 4.79 Å². The number of para-hydroxylation sites is 1. The first kappa shape index (κ1) is 16.4. The van der Waals surface area contributed by atoms with Crippen LogP contribution in [-0.2, 0) is 16.1 Å². The summed E-state index contributed by atoms with van der Waals surface area (Å²) in [7, 11) is 1.33. The highest BCUT2D eigenvalue weighted by Crippen LogP contribution is 2.18. The molecule has 0 saturated heterocycles. The van der Waals surface area contributed by atoms with Gasteiger partial charge in [-0.15, -0.1) is 0 Å². The summed E-state index contributed by atoms with van der Waals surface area (Å²) < 4.78 is 15.3. The Hall–Kier alpha value is -3.42. The van der Waals surface area contributed by atoms with Crippen molar-refractivity contribution >= 4 is 11.8 Å². The van der Waals surface area contributed by atoms with Gasteiger partial charge in [0.2, 0.25) is 5.82 Å². The SMILES string of the molecule is COC(=O)CNc1ccc(-c2nc(COc3ccccc3)no2)cn1. The summed E-state index contributed by atoms with van der Waals surface area (Å²) in [4.78, 5) is 19.5. The van der Waals surface area contributed by atoms with E-state index in [0.29, 0.717) is 23.1 Å². The van der Waals surface area contributed by atoms with E-state index < -0.39 is 0 Å². The van der Waals surface area contributed by atoms with Gasteiger partial charge in [-0.05, 0) is 24.3 Å². The minimum atomic E-state index is -0.370. The molecule has 0 fully saturated rings. The van der Waals surface area contributed by atoms with E-state index in [1.807, 2.05) is 30.3 Å². The van der Waals surface area contributed by atoms with Gasteiger partial charge in [-0.25, -0.2) is 4.98 Å². The summed E-state index contributed by atoms with van der Waals surface area (Å²) in [6.07, 6.45) is 1.58. The number of nitrogens with one attached hydrogen (secondary N) is 1. The number of hydrogen-bond donors (Lipinski definition) is 1. The molecule has 0 aliphatic rings. The van der Waals surface area contributed by atoms with Crippen molar-refractivity contribution in [2.24, 2.45) is 0 Å². The maximum absolute atomic E-state index is 11.1. The highest BCUT2D eigenvalue weighted by atomic mass is 16.5. The molecule has 1 N–H and O–H groups in total. The second-order valence-corrected chi connectivity index (χ2v) is 4.98. The van der Waals surface area contributed by atoms with E-state index in [1.54, 1.807) is 18.3 Å². The van der Waals surface area contributed by atoms with Crippen LogP contribution in [0.3, 0.4) is 0 Å². The van der Waals surface area contributed by atoms with Gasteiger partial charge in [0.25, 0.3) is 5.89 Å². The molecule has 0 aliphatic heterocycles. The molecule has 0 amide bonds. The average Bonchev–Trinajstić information content (AvgIpc) is 3.14. The van der Waals surface area contributed by atoms with Crippen LogP contribution in [0.15, 0.2) is 53.2 Å². The lowest BCUT2D eigenvalue weighted by Crippen LogP contribution is -2.15. The fraction of sp³-hybridized carbons (Fsp3) is 0.176. The van der Waals surface area contributed by atoms with Gasteiger partial charge in [0.05, 0.1) is 12.7 Å². The van der Waals surface area contributed by atoms with Gasteiger partial charge in [-0.3, -0.25) is 4.79 Å². The van der Waals surface area contributed by atoms with Crippen molar-refractivity contribution in [1.29, 1.82) is 0 Å².